The van der Waals surface area contributed by atoms with E-state index >= 15 is 0 Å². The molecular weight excluding hydrogens is 303 g/mol. The van der Waals surface area contributed by atoms with Crippen molar-refractivity contribution in [2.24, 2.45) is 0 Å². The van der Waals surface area contributed by atoms with Crippen molar-refractivity contribution < 1.29 is 0 Å². The average Bonchev–Trinajstić information content (AvgIpc) is 0.918. The van der Waals surface area contributed by atoms with E-state index in [1.54, 1.807) is 0 Å². The van der Waals surface area contributed by atoms with Crippen molar-refractivity contribution in [1.82, 2.24) is 0 Å². The average molecular weight is 311 g/mol. The molecule has 0 atom stereocenters. The zero-order valence-corrected chi connectivity index (χ0v) is 9.60. The summed E-state index contributed by atoms with van der Waals surface area (Å²) in [7, 11) is 0. The third-order valence-corrected chi connectivity index (χ3v) is 0. The Labute approximate surface area is 64.5 Å². The van der Waals surface area contributed by atoms with Crippen LogP contribution in [-0.2, 0) is 0 Å². The van der Waals surface area contributed by atoms with Crippen LogP contribution in [-0.4, -0.2) is 21.1 Å². The molecule has 0 nitrogen and oxygen atoms in total. The molecule has 0 aliphatic rings. The van der Waals surface area contributed by atoms with E-state index in [4.69, 9.17) is 0 Å². The Kier molecular flexibility index (Phi) is 54.4. The second-order valence-corrected chi connectivity index (χ2v) is 3.35. The molecule has 0 N–H and O–H groups in total. The summed E-state index contributed by atoms with van der Waals surface area (Å²) in [5.74, 6) is 0. The van der Waals surface area contributed by atoms with Crippen LogP contribution in [0.15, 0.2) is 0 Å². The van der Waals surface area contributed by atoms with Gasteiger partial charge in [-0.1, -0.05) is 0 Å². The molecule has 0 aromatic heterocycles. The molecule has 0 aromatic rings. The van der Waals surface area contributed by atoms with Gasteiger partial charge in [-0.05, 0) is 0 Å². The summed E-state index contributed by atoms with van der Waals surface area (Å²) in [6, 6.07) is 0. The van der Waals surface area contributed by atoms with Crippen molar-refractivity contribution in [3.63, 3.8) is 0 Å². The van der Waals surface area contributed by atoms with E-state index in [0.717, 1.165) is 0 Å². The van der Waals surface area contributed by atoms with Crippen molar-refractivity contribution in [2.75, 3.05) is 0 Å². The van der Waals surface area contributed by atoms with E-state index in [9.17, 15) is 0 Å². The summed E-state index contributed by atoms with van der Waals surface area (Å²) in [5.41, 5.74) is 0. The maximum absolute atomic E-state index is 2.30. The van der Waals surface area contributed by atoms with E-state index in [2.05, 4.69) is 9.88 Å². The first kappa shape index (κ1) is 15.9. The predicted molar refractivity (Wildman–Crippen MR) is 38.1 cm³/mol. The third-order valence-electron chi connectivity index (χ3n) is 0. The molecule has 0 rings (SSSR count). The van der Waals surface area contributed by atoms with Crippen LogP contribution in [0, 0.1) is 0 Å². The topological polar surface area (TPSA) is 0 Å². The molecule has 0 amide bonds. The zero-order chi connectivity index (χ0) is 2.71. The second-order valence-electron chi connectivity index (χ2n) is 0.500. The summed E-state index contributed by atoms with van der Waals surface area (Å²) >= 11 is 0.230. The molecule has 3 heteroatoms. The Morgan fingerprint density at radius 1 is 1.00 bits per heavy atom. The van der Waals surface area contributed by atoms with Gasteiger partial charge in [0.05, 0.1) is 0 Å². The minimum absolute atomic E-state index is 0. The van der Waals surface area contributed by atoms with Crippen LogP contribution in [0.4, 0.5) is 0 Å². The molecular formula is C2H8Br2Sn. The molecule has 0 spiro atoms. The number of rotatable bonds is 0. The van der Waals surface area contributed by atoms with Crippen LogP contribution in [0.5, 0.6) is 0 Å². The van der Waals surface area contributed by atoms with Crippen molar-refractivity contribution in [1.29, 1.82) is 0 Å². The van der Waals surface area contributed by atoms with E-state index < -0.39 is 0 Å². The van der Waals surface area contributed by atoms with Crippen LogP contribution < -0.4 is 0 Å². The van der Waals surface area contributed by atoms with Gasteiger partial charge in [-0.3, -0.25) is 0 Å². The molecule has 0 heterocycles. The third kappa shape index (κ3) is 26.3. The van der Waals surface area contributed by atoms with Crippen molar-refractivity contribution in [2.45, 2.75) is 9.88 Å². The van der Waals surface area contributed by atoms with E-state index in [1.807, 2.05) is 0 Å². The first-order valence-corrected chi connectivity index (χ1v) is 6.71. The molecule has 34 valence electrons. The monoisotopic (exact) mass is 310 g/mol. The van der Waals surface area contributed by atoms with Gasteiger partial charge in [0.25, 0.3) is 0 Å². The van der Waals surface area contributed by atoms with Gasteiger partial charge < -0.3 is 0 Å². The molecule has 0 fully saturated rings. The van der Waals surface area contributed by atoms with Crippen LogP contribution in [0.25, 0.3) is 0 Å². The summed E-state index contributed by atoms with van der Waals surface area (Å²) in [5, 5.41) is 0. The second kappa shape index (κ2) is 17.1. The molecule has 2 radical (unpaired) electrons. The number of hydrogen-bond donors (Lipinski definition) is 0. The Balaban J connectivity index is -0.0000000200. The van der Waals surface area contributed by atoms with Crippen molar-refractivity contribution in [3.05, 3.63) is 0 Å². The molecule has 0 unspecified atom stereocenters. The standard InChI is InChI=1S/2CH3.2BrH.Sn/h2*1H3;2*1H;. The fourth-order valence-corrected chi connectivity index (χ4v) is 0. The van der Waals surface area contributed by atoms with Gasteiger partial charge in [0.1, 0.15) is 0 Å². The van der Waals surface area contributed by atoms with Crippen LogP contribution in [0.2, 0.25) is 9.88 Å². The van der Waals surface area contributed by atoms with Gasteiger partial charge in [-0.2, -0.15) is 0 Å². The molecule has 0 saturated heterocycles. The molecule has 0 saturated carbocycles. The predicted octanol–water partition coefficient (Wildman–Crippen LogP) is 1.94. The van der Waals surface area contributed by atoms with Crippen LogP contribution in [0.3, 0.4) is 0 Å². The quantitative estimate of drug-likeness (QED) is 0.600. The van der Waals surface area contributed by atoms with Gasteiger partial charge >= 0.3 is 31.0 Å². The molecule has 0 aliphatic heterocycles. The Hall–Kier alpha value is 1.76. The summed E-state index contributed by atoms with van der Waals surface area (Å²) in [4.78, 5) is 4.59. The van der Waals surface area contributed by atoms with Gasteiger partial charge in [0, 0.05) is 0 Å². The molecule has 0 bridgehead atoms. The fraction of sp³-hybridized carbons (Fsp3) is 1.00. The van der Waals surface area contributed by atoms with Crippen molar-refractivity contribution >= 4 is 55.1 Å². The Morgan fingerprint density at radius 3 is 1.00 bits per heavy atom. The summed E-state index contributed by atoms with van der Waals surface area (Å²) < 4.78 is 0. The normalized spacial score (nSPS) is 3.60. The van der Waals surface area contributed by atoms with Crippen LogP contribution in [0.1, 0.15) is 0 Å². The van der Waals surface area contributed by atoms with Crippen LogP contribution >= 0.6 is 34.0 Å². The Morgan fingerprint density at radius 2 is 1.00 bits per heavy atom. The SMILES string of the molecule is Br.Br.[CH3][Sn][CH3]. The van der Waals surface area contributed by atoms with Gasteiger partial charge in [0.2, 0.25) is 0 Å². The molecule has 0 aliphatic carbocycles. The van der Waals surface area contributed by atoms with Gasteiger partial charge in [0.15, 0.2) is 0 Å². The first-order chi connectivity index (χ1) is 1.41. The molecule has 5 heavy (non-hydrogen) atoms. The fourth-order valence-electron chi connectivity index (χ4n) is 0. The summed E-state index contributed by atoms with van der Waals surface area (Å²) in [6.45, 7) is 0. The number of halogens is 2. The molecule has 0 aromatic carbocycles. The zero-order valence-electron chi connectivity index (χ0n) is 3.32. The number of hydrogen-bond acceptors (Lipinski definition) is 0. The minimum atomic E-state index is 0. The maximum atomic E-state index is 2.30. The van der Waals surface area contributed by atoms with Crippen molar-refractivity contribution in [3.8, 4) is 0 Å². The van der Waals surface area contributed by atoms with E-state index in [0.29, 0.717) is 0 Å². The van der Waals surface area contributed by atoms with E-state index in [1.165, 1.54) is 0 Å². The van der Waals surface area contributed by atoms with Gasteiger partial charge in [-0.25, -0.2) is 0 Å². The summed E-state index contributed by atoms with van der Waals surface area (Å²) in [6.07, 6.45) is 0. The first-order valence-electron chi connectivity index (χ1n) is 1.00. The van der Waals surface area contributed by atoms with E-state index in [-0.39, 0.29) is 55.1 Å². The van der Waals surface area contributed by atoms with Gasteiger partial charge in [-0.15, -0.1) is 34.0 Å². The Bertz CT molecular complexity index is 7.61.